The quantitative estimate of drug-likeness (QED) is 0.0197. The normalized spacial score (nSPS) is 9.10. The van der Waals surface area contributed by atoms with Crippen LogP contribution in [0.25, 0.3) is 0 Å². The number of urea groups is 1. The van der Waals surface area contributed by atoms with Crippen molar-refractivity contribution in [1.82, 2.24) is 21.3 Å². The maximum Gasteiger partial charge on any atom is 0.314 e. The van der Waals surface area contributed by atoms with Crippen LogP contribution in [0.3, 0.4) is 0 Å². The van der Waals surface area contributed by atoms with Crippen molar-refractivity contribution >= 4 is 44.3 Å². The summed E-state index contributed by atoms with van der Waals surface area (Å²) in [5.74, 6) is -0.865. The van der Waals surface area contributed by atoms with Gasteiger partial charge in [0.2, 0.25) is 5.91 Å². The Morgan fingerprint density at radius 2 is 1.10 bits per heavy atom. The maximum atomic E-state index is 10.9. The predicted octanol–water partition coefficient (Wildman–Crippen LogP) is -10.0. The number of hydrogen-bond acceptors (Lipinski definition) is 12. The number of amides is 3. The highest BCUT2D eigenvalue weighted by Crippen LogP contribution is 2.10. The van der Waals surface area contributed by atoms with Gasteiger partial charge in [0, 0.05) is 88.2 Å². The molecule has 3 radical (unpaired) electrons. The number of nitrogens with one attached hydrogen (secondary N) is 7. The number of nitrogens with two attached hydrogens (primary N) is 1. The molecule has 0 saturated carbocycles. The number of amidine groups is 1. The fourth-order valence-corrected chi connectivity index (χ4v) is 4.45. The Hall–Kier alpha value is -4.73. The molecule has 24 heteroatoms. The van der Waals surface area contributed by atoms with Crippen molar-refractivity contribution < 1.29 is 97.3 Å². The molecule has 0 fully saturated rings. The van der Waals surface area contributed by atoms with Crippen LogP contribution in [0.15, 0.2) is 63.5 Å². The Morgan fingerprint density at radius 3 is 1.48 bits per heavy atom. The summed E-state index contributed by atoms with van der Waals surface area (Å²) < 4.78 is 4.89. The number of halogens is 4. The van der Waals surface area contributed by atoms with Gasteiger partial charge >= 0.3 is 12.0 Å². The number of rotatable bonds is 20. The zero-order valence-corrected chi connectivity index (χ0v) is 46.1. The van der Waals surface area contributed by atoms with Gasteiger partial charge in [-0.15, -0.1) is 0 Å². The average molecular weight is 1080 g/mol. The number of carbonyl (C=O) groups excluding carboxylic acids is 4. The molecular weight excluding hydrogens is 983 g/mol. The molecule has 0 heterocycles. The van der Waals surface area contributed by atoms with E-state index in [2.05, 4.69) is 84.5 Å². The molecule has 417 valence electrons. The predicted molar refractivity (Wildman–Crippen MR) is 276 cm³/mol. The van der Waals surface area contributed by atoms with E-state index in [4.69, 9.17) is 30.6 Å². The van der Waals surface area contributed by atoms with Crippen LogP contribution < -0.4 is 84.0 Å². The highest BCUT2D eigenvalue weighted by molar-refractivity contribution is 5.86. The molecule has 71 heavy (non-hydrogen) atoms. The number of aliphatic carboxylic acids is 1. The molecule has 19 nitrogen and oxygen atoms in total. The SMILES string of the molecule is C.CC(=O)NCCc1ccc(O)cc1.CC(=O)[O-].CCN=C=NCCC[NH+](C)C.CCNC(=NCCC[NH+](C)C)OC(C)=O.CCNC(=O)NCCC[NH+](C)C.F.NCCc1ccc(O)cc1.[2HH].[B].[Cl-].[Cl-].[Cl-]. The van der Waals surface area contributed by atoms with Crippen LogP contribution in [-0.4, -0.2) is 169 Å². The van der Waals surface area contributed by atoms with Crippen LogP contribution in [0.4, 0.5) is 9.50 Å². The lowest BCUT2D eigenvalue weighted by atomic mass is 10.1. The number of carboxylic acid groups (broad SMARTS) is 1. The van der Waals surface area contributed by atoms with E-state index in [1.165, 1.54) is 34.1 Å². The smallest absolute Gasteiger partial charge is 0.314 e. The zero-order valence-electron chi connectivity index (χ0n) is 43.8. The first kappa shape index (κ1) is 89.2. The van der Waals surface area contributed by atoms with E-state index in [1.807, 2.05) is 45.0 Å². The topological polar surface area (TPSA) is 266 Å². The Bertz CT molecular complexity index is 1590. The first-order valence-corrected chi connectivity index (χ1v) is 22.3. The van der Waals surface area contributed by atoms with E-state index in [0.717, 1.165) is 83.9 Å². The Balaban J connectivity index is -0.0000000690. The van der Waals surface area contributed by atoms with Crippen molar-refractivity contribution in [2.45, 2.75) is 81.1 Å². The number of aliphatic imine (C=N–C) groups is 3. The number of benzene rings is 2. The van der Waals surface area contributed by atoms with Gasteiger partial charge in [-0.1, -0.05) is 31.7 Å². The Labute approximate surface area is 448 Å². The van der Waals surface area contributed by atoms with Crippen LogP contribution in [0.5, 0.6) is 11.5 Å². The highest BCUT2D eigenvalue weighted by Gasteiger charge is 2.02. The number of carboxylic acids is 1. The Morgan fingerprint density at radius 1 is 0.676 bits per heavy atom. The van der Waals surface area contributed by atoms with Gasteiger partial charge in [0.1, 0.15) is 11.5 Å². The molecule has 2 aromatic carbocycles. The summed E-state index contributed by atoms with van der Waals surface area (Å²) in [4.78, 5) is 57.3. The van der Waals surface area contributed by atoms with E-state index in [-0.39, 0.29) is 82.8 Å². The summed E-state index contributed by atoms with van der Waals surface area (Å²) in [7, 11) is 12.7. The minimum Gasteiger partial charge on any atom is -1.00 e. The standard InChI is InChI=1S/C10H21N3O2.C10H13NO2.C8H19N3O.C8H17N3.C8H11NO.C2H4O2.CH4.B.3ClH.FH.H2/c1-5-11-10(15-9(2)14)12-7-6-8-13(3)4;1-8(12)11-7-6-9-2-4-10(13)5-3-9;1-4-9-8(12)10-6-5-7-11(2)3;1-4-9-8-10-6-5-7-11(2)3;9-6-5-7-1-3-8(10)4-2-7;1-2(3)4;;;;;;;/h5-8H2,1-4H3,(H,11,12);2-5,13H,6-7H2,1H3,(H,11,12);4-7H2,1-3H3,(H2,9,10,12);4-7H2,1-3H3;1-4,10H,5-6,9H2;1H3,(H,3,4);1H4;;5*1H/p-1/i;;;;;;;;;;;;1+1. The summed E-state index contributed by atoms with van der Waals surface area (Å²) in [6.07, 6.45) is 4.80. The number of hydrogen-bond donors (Lipinski definition) is 10. The second-order valence-electron chi connectivity index (χ2n) is 15.1. The molecule has 2 rings (SSSR count). The molecule has 0 aliphatic heterocycles. The molecule has 0 unspecified atom stereocenters. The lowest BCUT2D eigenvalue weighted by molar-refractivity contribution is -0.858. The van der Waals surface area contributed by atoms with Gasteiger partial charge in [-0.2, -0.15) is 0 Å². The van der Waals surface area contributed by atoms with Crippen molar-refractivity contribution in [2.24, 2.45) is 20.7 Å². The molecule has 11 N–H and O–H groups in total. The minimum absolute atomic E-state index is 0. The number of quaternary nitrogens is 3. The van der Waals surface area contributed by atoms with Gasteiger partial charge in [0.15, 0.2) is 0 Å². The average Bonchev–Trinajstić information content (AvgIpc) is 3.22. The maximum absolute atomic E-state index is 10.9. The minimum atomic E-state index is -1.08. The number of phenols is 2. The number of aromatic hydroxyl groups is 2. The van der Waals surface area contributed by atoms with Crippen molar-refractivity contribution in [2.75, 3.05) is 114 Å². The molecule has 0 bridgehead atoms. The first-order chi connectivity index (χ1) is 30.7. The van der Waals surface area contributed by atoms with Gasteiger partial charge in [-0.25, -0.2) is 19.8 Å². The highest BCUT2D eigenvalue weighted by atomic mass is 35.5. The fraction of sp³-hybridized carbons (Fsp3) is 0.617. The summed E-state index contributed by atoms with van der Waals surface area (Å²) in [6.45, 7) is 18.7. The van der Waals surface area contributed by atoms with Crippen LogP contribution in [0, 0.1) is 0 Å². The van der Waals surface area contributed by atoms with Gasteiger partial charge in [-0.3, -0.25) is 14.3 Å². The first-order valence-electron chi connectivity index (χ1n) is 22.3. The lowest BCUT2D eigenvalue weighted by Gasteiger charge is -2.08. The van der Waals surface area contributed by atoms with E-state index in [0.29, 0.717) is 44.5 Å². The van der Waals surface area contributed by atoms with E-state index >= 15 is 0 Å². The van der Waals surface area contributed by atoms with Crippen LogP contribution >= 0.6 is 0 Å². The van der Waals surface area contributed by atoms with Crippen molar-refractivity contribution in [3.05, 3.63) is 59.7 Å². The van der Waals surface area contributed by atoms with Crippen LogP contribution in [-0.2, 0) is 32.0 Å². The van der Waals surface area contributed by atoms with Gasteiger partial charge < -0.3 is 104 Å². The summed E-state index contributed by atoms with van der Waals surface area (Å²) in [5.41, 5.74) is 7.61. The van der Waals surface area contributed by atoms with Crippen LogP contribution in [0.2, 0.25) is 0 Å². The van der Waals surface area contributed by atoms with E-state index < -0.39 is 5.97 Å². The van der Waals surface area contributed by atoms with Crippen molar-refractivity contribution in [3.8, 4) is 11.5 Å². The molecule has 0 spiro atoms. The number of ether oxygens (including phenoxy) is 1. The van der Waals surface area contributed by atoms with E-state index in [9.17, 15) is 14.4 Å². The largest absolute Gasteiger partial charge is 1.00 e. The molecule has 0 aliphatic carbocycles. The lowest BCUT2D eigenvalue weighted by Crippen LogP contribution is -3.05. The van der Waals surface area contributed by atoms with Crippen molar-refractivity contribution in [3.63, 3.8) is 0 Å². The second-order valence-corrected chi connectivity index (χ2v) is 15.1. The molecule has 2 aromatic rings. The zero-order chi connectivity index (χ0) is 50.3. The summed E-state index contributed by atoms with van der Waals surface area (Å²) in [5, 5.41) is 37.8. The summed E-state index contributed by atoms with van der Waals surface area (Å²) in [6, 6.07) is 17.0. The summed E-state index contributed by atoms with van der Waals surface area (Å²) >= 11 is 0. The second kappa shape index (κ2) is 65.3. The number of esters is 1. The molecule has 0 aliphatic rings. The number of nitrogens with zero attached hydrogens (tertiary/aromatic N) is 3. The Kier molecular flexibility index (Phi) is 82.0. The molecule has 0 aromatic heterocycles. The van der Waals surface area contributed by atoms with Crippen LogP contribution in [0.1, 0.15) is 80.8 Å². The third kappa shape index (κ3) is 82.5. The molecular formula is C47H94BCl3FN11O8-. The van der Waals surface area contributed by atoms with E-state index in [1.54, 1.807) is 24.3 Å². The van der Waals surface area contributed by atoms with Gasteiger partial charge in [0.25, 0.3) is 6.02 Å². The van der Waals surface area contributed by atoms with Gasteiger partial charge in [-0.05, 0) is 82.5 Å². The fourth-order valence-electron chi connectivity index (χ4n) is 4.45. The molecule has 3 amide bonds. The molecule has 0 saturated heterocycles. The monoisotopic (exact) mass is 1080 g/mol. The molecule has 0 atom stereocenters. The third-order valence-corrected chi connectivity index (χ3v) is 7.47. The van der Waals surface area contributed by atoms with Crippen molar-refractivity contribution in [1.29, 1.82) is 0 Å². The van der Waals surface area contributed by atoms with Gasteiger partial charge in [0.05, 0.1) is 74.5 Å². The number of phenolic OH excluding ortho intramolecular Hbond substituents is 2. The number of carbonyl (C=O) groups is 4. The third-order valence-electron chi connectivity index (χ3n) is 7.47.